The lowest BCUT2D eigenvalue weighted by atomic mass is 10.1. The Kier molecular flexibility index (Phi) is 3.62. The van der Waals surface area contributed by atoms with E-state index in [1.54, 1.807) is 24.4 Å². The molecule has 0 spiro atoms. The largest absolute Gasteiger partial charge is 0.478 e. The van der Waals surface area contributed by atoms with Crippen molar-refractivity contribution in [3.63, 3.8) is 0 Å². The quantitative estimate of drug-likeness (QED) is 0.940. The first kappa shape index (κ1) is 12.6. The van der Waals surface area contributed by atoms with Crippen LogP contribution in [0.25, 0.3) is 0 Å². The predicted molar refractivity (Wildman–Crippen MR) is 70.1 cm³/mol. The lowest BCUT2D eigenvalue weighted by Crippen LogP contribution is -1.98. The maximum absolute atomic E-state index is 10.9. The van der Waals surface area contributed by atoms with Gasteiger partial charge in [0.2, 0.25) is 5.88 Å². The number of carboxylic acid groups (broad SMARTS) is 1. The molecule has 4 nitrogen and oxygen atoms in total. The van der Waals surface area contributed by atoms with E-state index in [1.165, 1.54) is 12.1 Å². The Bertz CT molecular complexity index is 599. The smallest absolute Gasteiger partial charge is 0.335 e. The van der Waals surface area contributed by atoms with Crippen LogP contribution in [0.2, 0.25) is 0 Å². The molecule has 1 aromatic carbocycles. The Morgan fingerprint density at radius 2 is 2.17 bits per heavy atom. The van der Waals surface area contributed by atoms with Crippen LogP contribution in [0, 0.1) is 6.92 Å². The molecule has 18 heavy (non-hydrogen) atoms. The average Bonchev–Trinajstić information content (AvgIpc) is 2.34. The van der Waals surface area contributed by atoms with Gasteiger partial charge in [-0.1, -0.05) is 6.07 Å². The van der Waals surface area contributed by atoms with Crippen LogP contribution in [-0.2, 0) is 0 Å². The molecule has 0 aliphatic carbocycles. The molecule has 5 heteroatoms. The van der Waals surface area contributed by atoms with E-state index >= 15 is 0 Å². The second-order valence-corrected chi connectivity index (χ2v) is 4.53. The third kappa shape index (κ3) is 2.68. The first-order chi connectivity index (χ1) is 8.58. The van der Waals surface area contributed by atoms with Crippen LogP contribution >= 0.6 is 15.9 Å². The van der Waals surface area contributed by atoms with Crippen molar-refractivity contribution in [1.82, 2.24) is 4.98 Å². The SMILES string of the molecule is Cc1ccc(C(=O)O)cc1Oc1ncccc1Br. The van der Waals surface area contributed by atoms with Gasteiger partial charge in [0.25, 0.3) is 0 Å². The zero-order valence-corrected chi connectivity index (χ0v) is 11.1. The minimum absolute atomic E-state index is 0.183. The number of aromatic carboxylic acids is 1. The van der Waals surface area contributed by atoms with E-state index in [4.69, 9.17) is 9.84 Å². The van der Waals surface area contributed by atoms with Gasteiger partial charge in [-0.25, -0.2) is 9.78 Å². The fraction of sp³-hybridized carbons (Fsp3) is 0.0769. The van der Waals surface area contributed by atoms with E-state index in [0.29, 0.717) is 16.1 Å². The summed E-state index contributed by atoms with van der Waals surface area (Å²) in [5, 5.41) is 8.94. The monoisotopic (exact) mass is 307 g/mol. The van der Waals surface area contributed by atoms with Crippen molar-refractivity contribution in [2.75, 3.05) is 0 Å². The zero-order chi connectivity index (χ0) is 13.1. The molecule has 0 bridgehead atoms. The summed E-state index contributed by atoms with van der Waals surface area (Å²) >= 11 is 3.32. The molecule has 1 N–H and O–H groups in total. The second kappa shape index (κ2) is 5.18. The highest BCUT2D eigenvalue weighted by Crippen LogP contribution is 2.29. The molecule has 0 radical (unpaired) electrons. The highest BCUT2D eigenvalue weighted by atomic mass is 79.9. The number of carbonyl (C=O) groups is 1. The van der Waals surface area contributed by atoms with Gasteiger partial charge in [-0.05, 0) is 52.7 Å². The number of rotatable bonds is 3. The predicted octanol–water partition coefficient (Wildman–Crippen LogP) is 3.64. The van der Waals surface area contributed by atoms with Crippen LogP contribution in [0.15, 0.2) is 41.0 Å². The number of aryl methyl sites for hydroxylation is 1. The molecule has 0 amide bonds. The van der Waals surface area contributed by atoms with Crippen LogP contribution in [0.4, 0.5) is 0 Å². The molecule has 2 aromatic rings. The molecule has 0 aliphatic heterocycles. The number of hydrogen-bond donors (Lipinski definition) is 1. The number of carboxylic acids is 1. The first-order valence-electron chi connectivity index (χ1n) is 5.20. The van der Waals surface area contributed by atoms with Gasteiger partial charge in [0, 0.05) is 6.20 Å². The lowest BCUT2D eigenvalue weighted by molar-refractivity contribution is 0.0696. The summed E-state index contributed by atoms with van der Waals surface area (Å²) in [6, 6.07) is 8.31. The molecule has 0 saturated carbocycles. The number of benzene rings is 1. The summed E-state index contributed by atoms with van der Waals surface area (Å²) in [4.78, 5) is 15.0. The summed E-state index contributed by atoms with van der Waals surface area (Å²) in [5.41, 5.74) is 1.03. The fourth-order valence-electron chi connectivity index (χ4n) is 1.39. The topological polar surface area (TPSA) is 59.4 Å². The van der Waals surface area contributed by atoms with E-state index < -0.39 is 5.97 Å². The summed E-state index contributed by atoms with van der Waals surface area (Å²) in [6.45, 7) is 1.85. The van der Waals surface area contributed by atoms with Crippen LogP contribution in [0.1, 0.15) is 15.9 Å². The van der Waals surface area contributed by atoms with Crippen LogP contribution in [0.5, 0.6) is 11.6 Å². The Morgan fingerprint density at radius 3 is 2.83 bits per heavy atom. The van der Waals surface area contributed by atoms with Crippen molar-refractivity contribution >= 4 is 21.9 Å². The van der Waals surface area contributed by atoms with Crippen molar-refractivity contribution in [3.8, 4) is 11.6 Å². The van der Waals surface area contributed by atoms with Crippen molar-refractivity contribution in [2.45, 2.75) is 6.92 Å². The van der Waals surface area contributed by atoms with Gasteiger partial charge in [-0.2, -0.15) is 0 Å². The molecule has 0 aliphatic rings. The molecule has 2 rings (SSSR count). The molecular formula is C13H10BrNO3. The van der Waals surface area contributed by atoms with Crippen molar-refractivity contribution in [3.05, 3.63) is 52.1 Å². The van der Waals surface area contributed by atoms with Crippen LogP contribution in [0.3, 0.4) is 0 Å². The van der Waals surface area contributed by atoms with Crippen molar-refractivity contribution in [2.24, 2.45) is 0 Å². The van der Waals surface area contributed by atoms with Gasteiger partial charge < -0.3 is 9.84 Å². The third-order valence-electron chi connectivity index (χ3n) is 2.37. The van der Waals surface area contributed by atoms with Gasteiger partial charge >= 0.3 is 5.97 Å². The summed E-state index contributed by atoms with van der Waals surface area (Å²) < 4.78 is 6.32. The number of pyridine rings is 1. The van der Waals surface area contributed by atoms with E-state index in [9.17, 15) is 4.79 Å². The number of halogens is 1. The molecular weight excluding hydrogens is 298 g/mol. The van der Waals surface area contributed by atoms with Crippen LogP contribution < -0.4 is 4.74 Å². The van der Waals surface area contributed by atoms with Gasteiger partial charge in [-0.3, -0.25) is 0 Å². The normalized spacial score (nSPS) is 10.1. The maximum atomic E-state index is 10.9. The fourth-order valence-corrected chi connectivity index (χ4v) is 1.73. The number of ether oxygens (including phenoxy) is 1. The van der Waals surface area contributed by atoms with Crippen molar-refractivity contribution in [1.29, 1.82) is 0 Å². The van der Waals surface area contributed by atoms with Gasteiger partial charge in [-0.15, -0.1) is 0 Å². The Balaban J connectivity index is 2.37. The standard InChI is InChI=1S/C13H10BrNO3/c1-8-4-5-9(13(16)17)7-11(8)18-12-10(14)3-2-6-15-12/h2-7H,1H3,(H,16,17). The minimum Gasteiger partial charge on any atom is -0.478 e. The van der Waals surface area contributed by atoms with Crippen LogP contribution in [-0.4, -0.2) is 16.1 Å². The Morgan fingerprint density at radius 1 is 1.39 bits per heavy atom. The van der Waals surface area contributed by atoms with E-state index in [2.05, 4.69) is 20.9 Å². The zero-order valence-electron chi connectivity index (χ0n) is 9.55. The third-order valence-corrected chi connectivity index (χ3v) is 2.97. The molecule has 0 fully saturated rings. The molecule has 0 atom stereocenters. The Hall–Kier alpha value is -1.88. The van der Waals surface area contributed by atoms with Gasteiger partial charge in [0.15, 0.2) is 0 Å². The molecule has 0 saturated heterocycles. The highest BCUT2D eigenvalue weighted by molar-refractivity contribution is 9.10. The number of nitrogens with zero attached hydrogens (tertiary/aromatic N) is 1. The first-order valence-corrected chi connectivity index (χ1v) is 5.99. The second-order valence-electron chi connectivity index (χ2n) is 3.68. The molecule has 1 heterocycles. The summed E-state index contributed by atoms with van der Waals surface area (Å²) in [6.07, 6.45) is 1.61. The van der Waals surface area contributed by atoms with Gasteiger partial charge in [0.1, 0.15) is 5.75 Å². The van der Waals surface area contributed by atoms with E-state index in [0.717, 1.165) is 5.56 Å². The van der Waals surface area contributed by atoms with E-state index in [-0.39, 0.29) is 5.56 Å². The Labute approximate surface area is 112 Å². The summed E-state index contributed by atoms with van der Waals surface area (Å²) in [5.74, 6) is -0.0997. The molecule has 1 aromatic heterocycles. The minimum atomic E-state index is -0.986. The molecule has 92 valence electrons. The van der Waals surface area contributed by atoms with Crippen molar-refractivity contribution < 1.29 is 14.6 Å². The maximum Gasteiger partial charge on any atom is 0.335 e. The number of aromatic nitrogens is 1. The van der Waals surface area contributed by atoms with E-state index in [1.807, 2.05) is 6.92 Å². The summed E-state index contributed by atoms with van der Waals surface area (Å²) in [7, 11) is 0. The lowest BCUT2D eigenvalue weighted by Gasteiger charge is -2.09. The number of hydrogen-bond acceptors (Lipinski definition) is 3. The van der Waals surface area contributed by atoms with Gasteiger partial charge in [0.05, 0.1) is 10.0 Å². The average molecular weight is 308 g/mol. The molecule has 0 unspecified atom stereocenters. The highest BCUT2D eigenvalue weighted by Gasteiger charge is 2.10.